The van der Waals surface area contributed by atoms with Crippen LogP contribution in [-0.4, -0.2) is 45.9 Å². The molecule has 29 heavy (non-hydrogen) atoms. The largest absolute Gasteiger partial charge is 0.377 e. The summed E-state index contributed by atoms with van der Waals surface area (Å²) in [4.78, 5) is 13.6. The number of rotatable bonds is 6. The maximum absolute atomic E-state index is 5.13. The molecule has 0 saturated heterocycles. The molecule has 8 nitrogen and oxygen atoms in total. The molecule has 3 heterocycles. The molecule has 0 radical (unpaired) electrons. The van der Waals surface area contributed by atoms with Crippen LogP contribution >= 0.6 is 11.3 Å². The van der Waals surface area contributed by atoms with E-state index in [0.29, 0.717) is 13.2 Å². The van der Waals surface area contributed by atoms with Crippen LogP contribution in [0.2, 0.25) is 0 Å². The zero-order valence-electron chi connectivity index (χ0n) is 16.6. The number of fused-ring (bicyclic) bond motifs is 1. The Kier molecular flexibility index (Phi) is 6.16. The molecule has 1 unspecified atom stereocenters. The molecule has 4 rings (SSSR count). The Balaban J connectivity index is 1.32. The number of methoxy groups -OCH3 is 1. The normalized spacial score (nSPS) is 16.5. The fraction of sp³-hybridized carbons (Fsp3) is 0.400. The zero-order chi connectivity index (χ0) is 20.1. The van der Waals surface area contributed by atoms with Gasteiger partial charge < -0.3 is 15.4 Å². The lowest BCUT2D eigenvalue weighted by molar-refractivity contribution is 0.177. The Morgan fingerprint density at radius 1 is 1.31 bits per heavy atom. The Labute approximate surface area is 174 Å². The summed E-state index contributed by atoms with van der Waals surface area (Å²) in [6, 6.07) is 10.5. The van der Waals surface area contributed by atoms with Crippen LogP contribution in [0.15, 0.2) is 40.7 Å². The molecule has 0 aliphatic carbocycles. The van der Waals surface area contributed by atoms with E-state index in [9.17, 15) is 0 Å². The number of thiazole rings is 1. The third-order valence-electron chi connectivity index (χ3n) is 4.77. The van der Waals surface area contributed by atoms with Gasteiger partial charge in [-0.1, -0.05) is 30.3 Å². The Hall–Kier alpha value is -2.78. The molecule has 0 amide bonds. The van der Waals surface area contributed by atoms with E-state index in [1.54, 1.807) is 25.5 Å². The lowest BCUT2D eigenvalue weighted by Gasteiger charge is -2.25. The van der Waals surface area contributed by atoms with Gasteiger partial charge >= 0.3 is 0 Å². The summed E-state index contributed by atoms with van der Waals surface area (Å²) in [6.07, 6.45) is 1.87. The fourth-order valence-corrected chi connectivity index (χ4v) is 4.09. The highest BCUT2D eigenvalue weighted by Crippen LogP contribution is 2.21. The van der Waals surface area contributed by atoms with Gasteiger partial charge in [0.2, 0.25) is 0 Å². The molecule has 2 aromatic heterocycles. The van der Waals surface area contributed by atoms with Crippen molar-refractivity contribution in [2.24, 2.45) is 4.99 Å². The van der Waals surface area contributed by atoms with Crippen LogP contribution < -0.4 is 10.6 Å². The maximum atomic E-state index is 5.13. The second kappa shape index (κ2) is 9.15. The van der Waals surface area contributed by atoms with E-state index in [0.717, 1.165) is 53.3 Å². The third-order valence-corrected chi connectivity index (χ3v) is 5.62. The fourth-order valence-electron chi connectivity index (χ4n) is 3.35. The van der Waals surface area contributed by atoms with Crippen molar-refractivity contribution in [2.45, 2.75) is 38.6 Å². The van der Waals surface area contributed by atoms with E-state index in [2.05, 4.69) is 43.2 Å². The number of guanidine groups is 1. The van der Waals surface area contributed by atoms with Crippen molar-refractivity contribution in [1.82, 2.24) is 30.4 Å². The van der Waals surface area contributed by atoms with E-state index < -0.39 is 0 Å². The topological polar surface area (TPSA) is 89.2 Å². The second-order valence-electron chi connectivity index (χ2n) is 6.86. The number of aromatic nitrogens is 4. The predicted molar refractivity (Wildman–Crippen MR) is 114 cm³/mol. The van der Waals surface area contributed by atoms with Crippen LogP contribution in [0.5, 0.6) is 0 Å². The summed E-state index contributed by atoms with van der Waals surface area (Å²) in [5.74, 6) is 2.53. The number of hydrogen-bond acceptors (Lipinski definition) is 6. The number of nitrogens with one attached hydrogen (secondary N) is 2. The molecule has 0 bridgehead atoms. The van der Waals surface area contributed by atoms with Gasteiger partial charge in [0.1, 0.15) is 17.4 Å². The summed E-state index contributed by atoms with van der Waals surface area (Å²) >= 11 is 1.65. The summed E-state index contributed by atoms with van der Waals surface area (Å²) in [5, 5.41) is 14.5. The first-order chi connectivity index (χ1) is 14.2. The van der Waals surface area contributed by atoms with E-state index >= 15 is 0 Å². The number of aryl methyl sites for hydroxylation is 1. The Morgan fingerprint density at radius 2 is 2.17 bits per heavy atom. The van der Waals surface area contributed by atoms with Gasteiger partial charge in [0.25, 0.3) is 0 Å². The first kappa shape index (κ1) is 19.5. The number of aliphatic imine (C=N–C) groups is 1. The highest BCUT2D eigenvalue weighted by atomic mass is 32.1. The second-order valence-corrected chi connectivity index (χ2v) is 7.80. The van der Waals surface area contributed by atoms with Crippen LogP contribution in [0, 0.1) is 0 Å². The van der Waals surface area contributed by atoms with Crippen molar-refractivity contribution in [3.8, 4) is 11.3 Å². The van der Waals surface area contributed by atoms with Gasteiger partial charge in [0, 0.05) is 37.6 Å². The molecule has 3 aromatic rings. The van der Waals surface area contributed by atoms with Crippen molar-refractivity contribution in [2.75, 3.05) is 14.2 Å². The number of benzene rings is 1. The molecular formula is C20H25N7OS. The smallest absolute Gasteiger partial charge is 0.191 e. The van der Waals surface area contributed by atoms with Crippen molar-refractivity contribution in [3.63, 3.8) is 0 Å². The van der Waals surface area contributed by atoms with Gasteiger partial charge in [-0.25, -0.2) is 14.6 Å². The molecule has 152 valence electrons. The molecule has 0 fully saturated rings. The van der Waals surface area contributed by atoms with Gasteiger partial charge in [-0.3, -0.25) is 4.99 Å². The summed E-state index contributed by atoms with van der Waals surface area (Å²) in [6.45, 7) is 1.85. The van der Waals surface area contributed by atoms with Crippen LogP contribution in [0.1, 0.15) is 23.1 Å². The molecule has 0 saturated carbocycles. The lowest BCUT2D eigenvalue weighted by atomic mass is 10.1. The molecule has 2 N–H and O–H groups in total. The van der Waals surface area contributed by atoms with Crippen LogP contribution in [-0.2, 0) is 30.9 Å². The molecule has 9 heteroatoms. The minimum atomic E-state index is 0.252. The highest BCUT2D eigenvalue weighted by molar-refractivity contribution is 7.09. The highest BCUT2D eigenvalue weighted by Gasteiger charge is 2.22. The number of nitrogens with zero attached hydrogens (tertiary/aromatic N) is 5. The molecule has 1 aliphatic heterocycles. The minimum Gasteiger partial charge on any atom is -0.377 e. The predicted octanol–water partition coefficient (Wildman–Crippen LogP) is 2.23. The Morgan fingerprint density at radius 3 is 2.97 bits per heavy atom. The van der Waals surface area contributed by atoms with Gasteiger partial charge in [-0.2, -0.15) is 5.10 Å². The molecule has 1 aromatic carbocycles. The van der Waals surface area contributed by atoms with E-state index in [4.69, 9.17) is 9.72 Å². The average molecular weight is 412 g/mol. The number of ether oxygens (including phenoxy) is 1. The quantitative estimate of drug-likeness (QED) is 0.478. The van der Waals surface area contributed by atoms with Crippen LogP contribution in [0.3, 0.4) is 0 Å². The molecule has 1 atom stereocenters. The number of hydrogen-bond donors (Lipinski definition) is 2. The summed E-state index contributed by atoms with van der Waals surface area (Å²) < 4.78 is 7.10. The monoisotopic (exact) mass is 411 g/mol. The SMILES string of the molecule is CN=C(NCc1nc(-c2ccccc2)cs1)NC1CCc2nc(COC)nn2C1. The van der Waals surface area contributed by atoms with Crippen molar-refractivity contribution >= 4 is 17.3 Å². The van der Waals surface area contributed by atoms with E-state index in [-0.39, 0.29) is 6.04 Å². The van der Waals surface area contributed by atoms with Gasteiger partial charge in [0.05, 0.1) is 18.8 Å². The van der Waals surface area contributed by atoms with Gasteiger partial charge in [-0.05, 0) is 6.42 Å². The van der Waals surface area contributed by atoms with Crippen LogP contribution in [0.4, 0.5) is 0 Å². The first-order valence-corrected chi connectivity index (χ1v) is 10.5. The van der Waals surface area contributed by atoms with Crippen molar-refractivity contribution < 1.29 is 4.74 Å². The van der Waals surface area contributed by atoms with Crippen molar-refractivity contribution in [3.05, 3.63) is 52.4 Å². The summed E-state index contributed by atoms with van der Waals surface area (Å²) in [7, 11) is 3.44. The first-order valence-electron chi connectivity index (χ1n) is 9.63. The zero-order valence-corrected chi connectivity index (χ0v) is 17.4. The maximum Gasteiger partial charge on any atom is 0.191 e. The van der Waals surface area contributed by atoms with E-state index in [1.807, 2.05) is 22.9 Å². The summed E-state index contributed by atoms with van der Waals surface area (Å²) in [5.41, 5.74) is 2.14. The molecular weight excluding hydrogens is 386 g/mol. The third kappa shape index (κ3) is 4.80. The average Bonchev–Trinajstić information content (AvgIpc) is 3.38. The molecule has 0 spiro atoms. The van der Waals surface area contributed by atoms with Crippen LogP contribution in [0.25, 0.3) is 11.3 Å². The standard InChI is InChI=1S/C20H25N7OS/c1-21-20(22-10-19-24-16(13-29-19)14-6-4-3-5-7-14)23-15-8-9-18-25-17(12-28-2)26-27(18)11-15/h3-7,13,15H,8-12H2,1-2H3,(H2,21,22,23). The lowest BCUT2D eigenvalue weighted by Crippen LogP contribution is -2.46. The van der Waals surface area contributed by atoms with Gasteiger partial charge in [-0.15, -0.1) is 11.3 Å². The van der Waals surface area contributed by atoms with Crippen molar-refractivity contribution in [1.29, 1.82) is 0 Å². The minimum absolute atomic E-state index is 0.252. The molecule has 1 aliphatic rings. The van der Waals surface area contributed by atoms with Gasteiger partial charge in [0.15, 0.2) is 11.8 Å². The van der Waals surface area contributed by atoms with E-state index in [1.165, 1.54) is 0 Å². The Bertz CT molecular complexity index is 966.